The summed E-state index contributed by atoms with van der Waals surface area (Å²) >= 11 is 0. The summed E-state index contributed by atoms with van der Waals surface area (Å²) in [6, 6.07) is 0. The van der Waals surface area contributed by atoms with Crippen LogP contribution >= 0.6 is 0 Å². The Bertz CT molecular complexity index is 200. The predicted molar refractivity (Wildman–Crippen MR) is 34.5 cm³/mol. The van der Waals surface area contributed by atoms with E-state index in [4.69, 9.17) is 4.74 Å². The van der Waals surface area contributed by atoms with Crippen molar-refractivity contribution < 1.29 is 4.74 Å². The molecule has 0 fully saturated rings. The van der Waals surface area contributed by atoms with Gasteiger partial charge >= 0.3 is 0 Å². The molecule has 1 aromatic rings. The minimum atomic E-state index is 0.776. The van der Waals surface area contributed by atoms with Crippen LogP contribution in [0, 0.1) is 0 Å². The quantitative estimate of drug-likeness (QED) is 0.502. The van der Waals surface area contributed by atoms with Gasteiger partial charge in [-0.25, -0.2) is 0 Å². The molecule has 0 unspecified atom stereocenters. The Morgan fingerprint density at radius 3 is 3.50 bits per heavy atom. The smallest absolute Gasteiger partial charge is 0.135 e. The molecule has 1 aliphatic heterocycles. The van der Waals surface area contributed by atoms with Crippen LogP contribution in [-0.4, -0.2) is 28.0 Å². The van der Waals surface area contributed by atoms with Gasteiger partial charge in [-0.15, -0.1) is 10.2 Å². The molecule has 4 heteroatoms. The summed E-state index contributed by atoms with van der Waals surface area (Å²) in [5.74, 6) is 1.04. The molecule has 10 heavy (non-hydrogen) atoms. The van der Waals surface area contributed by atoms with Crippen LogP contribution in [0.3, 0.4) is 0 Å². The Hall–Kier alpha value is -0.900. The van der Waals surface area contributed by atoms with E-state index in [1.54, 1.807) is 6.33 Å². The lowest BCUT2D eigenvalue weighted by Crippen LogP contribution is -2.01. The van der Waals surface area contributed by atoms with Gasteiger partial charge in [0.25, 0.3) is 0 Å². The zero-order chi connectivity index (χ0) is 6.81. The molecule has 0 saturated heterocycles. The molecule has 2 heterocycles. The molecule has 0 saturated carbocycles. The van der Waals surface area contributed by atoms with Crippen molar-refractivity contribution in [3.63, 3.8) is 0 Å². The number of nitrogens with zero attached hydrogens (tertiary/aromatic N) is 3. The van der Waals surface area contributed by atoms with Crippen LogP contribution in [0.1, 0.15) is 5.82 Å². The maximum atomic E-state index is 5.25. The van der Waals surface area contributed by atoms with Crippen molar-refractivity contribution in [3.8, 4) is 0 Å². The van der Waals surface area contributed by atoms with Crippen molar-refractivity contribution in [3.05, 3.63) is 12.2 Å². The first kappa shape index (κ1) is 5.85. The second-order valence-corrected chi connectivity index (χ2v) is 2.30. The maximum absolute atomic E-state index is 5.25. The van der Waals surface area contributed by atoms with E-state index < -0.39 is 0 Å². The van der Waals surface area contributed by atoms with Gasteiger partial charge in [0.1, 0.15) is 12.2 Å². The molecule has 1 aliphatic rings. The third kappa shape index (κ3) is 0.903. The van der Waals surface area contributed by atoms with E-state index in [2.05, 4.69) is 10.2 Å². The fourth-order valence-electron chi connectivity index (χ4n) is 1.09. The zero-order valence-electron chi connectivity index (χ0n) is 5.66. The molecule has 0 aromatic carbocycles. The monoisotopic (exact) mass is 139 g/mol. The van der Waals surface area contributed by atoms with Crippen LogP contribution in [-0.2, 0) is 17.7 Å². The molecule has 0 spiro atoms. The van der Waals surface area contributed by atoms with E-state index in [-0.39, 0.29) is 0 Å². The number of ether oxygens (including phenoxy) is 1. The Morgan fingerprint density at radius 2 is 2.50 bits per heavy atom. The van der Waals surface area contributed by atoms with Crippen molar-refractivity contribution in [2.24, 2.45) is 0 Å². The number of fused-ring (bicyclic) bond motifs is 1. The van der Waals surface area contributed by atoms with Crippen LogP contribution in [0.4, 0.5) is 0 Å². The lowest BCUT2D eigenvalue weighted by atomic mass is 10.4. The Labute approximate surface area is 58.8 Å². The van der Waals surface area contributed by atoms with Crippen LogP contribution in [0.5, 0.6) is 0 Å². The van der Waals surface area contributed by atoms with Crippen LogP contribution < -0.4 is 0 Å². The predicted octanol–water partition coefficient (Wildman–Crippen LogP) is -0.149. The summed E-state index contributed by atoms with van der Waals surface area (Å²) in [4.78, 5) is 0. The molecule has 0 bridgehead atoms. The standard InChI is InChI=1S/C6H9N3O/c1-3-10-4-2-9-5-7-8-6(1)9/h5H,1-4H2. The molecule has 0 aliphatic carbocycles. The Kier molecular flexibility index (Phi) is 1.39. The SMILES string of the molecule is c1nnc2n1CCOCC2. The number of hydrogen-bond donors (Lipinski definition) is 0. The van der Waals surface area contributed by atoms with Crippen molar-refractivity contribution in [1.29, 1.82) is 0 Å². The molecule has 0 radical (unpaired) electrons. The van der Waals surface area contributed by atoms with E-state index in [9.17, 15) is 0 Å². The molecular weight excluding hydrogens is 130 g/mol. The molecule has 4 nitrogen and oxygen atoms in total. The van der Waals surface area contributed by atoms with Crippen molar-refractivity contribution >= 4 is 0 Å². The minimum Gasteiger partial charge on any atom is -0.379 e. The average Bonchev–Trinajstić information content (AvgIpc) is 2.28. The lowest BCUT2D eigenvalue weighted by molar-refractivity contribution is 0.140. The molecule has 0 atom stereocenters. The fraction of sp³-hybridized carbons (Fsp3) is 0.667. The van der Waals surface area contributed by atoms with Gasteiger partial charge in [0.2, 0.25) is 0 Å². The lowest BCUT2D eigenvalue weighted by Gasteiger charge is -1.96. The number of aromatic nitrogens is 3. The minimum absolute atomic E-state index is 0.776. The summed E-state index contributed by atoms with van der Waals surface area (Å²) in [6.45, 7) is 2.45. The third-order valence-corrected chi connectivity index (χ3v) is 1.64. The average molecular weight is 139 g/mol. The Morgan fingerprint density at radius 1 is 1.50 bits per heavy atom. The van der Waals surface area contributed by atoms with E-state index in [1.807, 2.05) is 4.57 Å². The van der Waals surface area contributed by atoms with Gasteiger partial charge in [0.15, 0.2) is 0 Å². The van der Waals surface area contributed by atoms with Crippen molar-refractivity contribution in [2.45, 2.75) is 13.0 Å². The first-order valence-corrected chi connectivity index (χ1v) is 3.41. The highest BCUT2D eigenvalue weighted by Crippen LogP contribution is 2.00. The molecule has 1 aromatic heterocycles. The summed E-state index contributed by atoms with van der Waals surface area (Å²) in [5, 5.41) is 7.75. The summed E-state index contributed by atoms with van der Waals surface area (Å²) in [6.07, 6.45) is 2.64. The molecule has 0 N–H and O–H groups in total. The molecular formula is C6H9N3O. The van der Waals surface area contributed by atoms with Gasteiger partial charge in [0.05, 0.1) is 13.2 Å². The third-order valence-electron chi connectivity index (χ3n) is 1.64. The van der Waals surface area contributed by atoms with Gasteiger partial charge in [-0.1, -0.05) is 0 Å². The van der Waals surface area contributed by atoms with E-state index >= 15 is 0 Å². The van der Waals surface area contributed by atoms with Gasteiger partial charge in [0, 0.05) is 13.0 Å². The van der Waals surface area contributed by atoms with E-state index in [1.165, 1.54) is 0 Å². The second-order valence-electron chi connectivity index (χ2n) is 2.30. The number of rotatable bonds is 0. The topological polar surface area (TPSA) is 39.9 Å². The molecule has 54 valence electrons. The fourth-order valence-corrected chi connectivity index (χ4v) is 1.09. The molecule has 0 amide bonds. The highest BCUT2D eigenvalue weighted by atomic mass is 16.5. The maximum Gasteiger partial charge on any atom is 0.135 e. The van der Waals surface area contributed by atoms with Gasteiger partial charge < -0.3 is 9.30 Å². The normalized spacial score (nSPS) is 18.0. The first-order chi connectivity index (χ1) is 4.97. The van der Waals surface area contributed by atoms with Crippen LogP contribution in [0.15, 0.2) is 6.33 Å². The summed E-state index contributed by atoms with van der Waals surface area (Å²) in [7, 11) is 0. The summed E-state index contributed by atoms with van der Waals surface area (Å²) in [5.41, 5.74) is 0. The van der Waals surface area contributed by atoms with Crippen LogP contribution in [0.2, 0.25) is 0 Å². The van der Waals surface area contributed by atoms with E-state index in [0.29, 0.717) is 0 Å². The second kappa shape index (κ2) is 2.38. The van der Waals surface area contributed by atoms with Gasteiger partial charge in [-0.05, 0) is 0 Å². The van der Waals surface area contributed by atoms with Crippen molar-refractivity contribution in [1.82, 2.24) is 14.8 Å². The van der Waals surface area contributed by atoms with Crippen molar-refractivity contribution in [2.75, 3.05) is 13.2 Å². The first-order valence-electron chi connectivity index (χ1n) is 3.41. The van der Waals surface area contributed by atoms with Gasteiger partial charge in [-0.3, -0.25) is 0 Å². The Balaban J connectivity index is 2.28. The van der Waals surface area contributed by atoms with Gasteiger partial charge in [-0.2, -0.15) is 0 Å². The zero-order valence-corrected chi connectivity index (χ0v) is 5.66. The summed E-state index contributed by atoms with van der Waals surface area (Å²) < 4.78 is 7.28. The van der Waals surface area contributed by atoms with Crippen LogP contribution in [0.25, 0.3) is 0 Å². The highest BCUT2D eigenvalue weighted by Gasteiger charge is 2.06. The highest BCUT2D eigenvalue weighted by molar-refractivity contribution is 4.86. The molecule has 2 rings (SSSR count). The number of hydrogen-bond acceptors (Lipinski definition) is 3. The largest absolute Gasteiger partial charge is 0.379 e. The van der Waals surface area contributed by atoms with E-state index in [0.717, 1.165) is 32.0 Å².